The van der Waals surface area contributed by atoms with Crippen LogP contribution in [0.5, 0.6) is 0 Å². The van der Waals surface area contributed by atoms with E-state index in [9.17, 15) is 4.79 Å². The SMILES string of the molecule is CCc1c(Cl)ncnc1C[C@H]1CCCN(C(=O)OC(C)(C)C)C1. The summed E-state index contributed by atoms with van der Waals surface area (Å²) >= 11 is 6.16. The summed E-state index contributed by atoms with van der Waals surface area (Å²) in [6.07, 6.45) is 5.01. The minimum Gasteiger partial charge on any atom is -0.444 e. The zero-order chi connectivity index (χ0) is 17.0. The van der Waals surface area contributed by atoms with Crippen molar-refractivity contribution >= 4 is 17.7 Å². The lowest BCUT2D eigenvalue weighted by atomic mass is 9.92. The summed E-state index contributed by atoms with van der Waals surface area (Å²) in [7, 11) is 0. The minimum absolute atomic E-state index is 0.223. The van der Waals surface area contributed by atoms with Gasteiger partial charge < -0.3 is 9.64 Å². The van der Waals surface area contributed by atoms with Crippen LogP contribution in [0.4, 0.5) is 4.79 Å². The van der Waals surface area contributed by atoms with Crippen LogP contribution in [0.3, 0.4) is 0 Å². The number of hydrogen-bond acceptors (Lipinski definition) is 4. The summed E-state index contributed by atoms with van der Waals surface area (Å²) in [5.74, 6) is 0.382. The van der Waals surface area contributed by atoms with Crippen LogP contribution in [0.2, 0.25) is 5.15 Å². The Morgan fingerprint density at radius 1 is 1.43 bits per heavy atom. The molecule has 1 aliphatic heterocycles. The topological polar surface area (TPSA) is 55.3 Å². The molecular weight excluding hydrogens is 314 g/mol. The first-order valence-electron chi connectivity index (χ1n) is 8.26. The number of amides is 1. The Balaban J connectivity index is 2.02. The van der Waals surface area contributed by atoms with Gasteiger partial charge in [-0.15, -0.1) is 0 Å². The summed E-state index contributed by atoms with van der Waals surface area (Å²) in [5.41, 5.74) is 1.56. The third-order valence-corrected chi connectivity index (χ3v) is 4.31. The van der Waals surface area contributed by atoms with Gasteiger partial charge >= 0.3 is 6.09 Å². The Morgan fingerprint density at radius 3 is 2.83 bits per heavy atom. The zero-order valence-corrected chi connectivity index (χ0v) is 15.2. The Bertz CT molecular complexity index is 557. The fourth-order valence-corrected chi connectivity index (χ4v) is 3.23. The van der Waals surface area contributed by atoms with Crippen molar-refractivity contribution in [3.63, 3.8) is 0 Å². The van der Waals surface area contributed by atoms with E-state index < -0.39 is 5.60 Å². The van der Waals surface area contributed by atoms with Crippen molar-refractivity contribution in [3.8, 4) is 0 Å². The van der Waals surface area contributed by atoms with Gasteiger partial charge in [0.2, 0.25) is 0 Å². The molecule has 1 aliphatic rings. The molecule has 1 aromatic heterocycles. The van der Waals surface area contributed by atoms with Gasteiger partial charge in [-0.3, -0.25) is 0 Å². The number of aromatic nitrogens is 2. The number of nitrogens with zero attached hydrogens (tertiary/aromatic N) is 3. The quantitative estimate of drug-likeness (QED) is 0.784. The van der Waals surface area contributed by atoms with Gasteiger partial charge in [-0.25, -0.2) is 14.8 Å². The van der Waals surface area contributed by atoms with Crippen LogP contribution in [0.15, 0.2) is 6.33 Å². The van der Waals surface area contributed by atoms with E-state index in [-0.39, 0.29) is 6.09 Å². The van der Waals surface area contributed by atoms with Crippen LogP contribution in [-0.4, -0.2) is 39.7 Å². The van der Waals surface area contributed by atoms with Gasteiger partial charge in [0.25, 0.3) is 0 Å². The predicted molar refractivity (Wildman–Crippen MR) is 90.7 cm³/mol. The molecule has 2 rings (SSSR count). The molecule has 1 saturated heterocycles. The van der Waals surface area contributed by atoms with E-state index in [2.05, 4.69) is 16.9 Å². The fraction of sp³-hybridized carbons (Fsp3) is 0.706. The van der Waals surface area contributed by atoms with Crippen molar-refractivity contribution in [3.05, 3.63) is 22.7 Å². The van der Waals surface area contributed by atoms with E-state index in [4.69, 9.17) is 16.3 Å². The van der Waals surface area contributed by atoms with Crippen molar-refractivity contribution < 1.29 is 9.53 Å². The van der Waals surface area contributed by atoms with Crippen LogP contribution in [-0.2, 0) is 17.6 Å². The van der Waals surface area contributed by atoms with E-state index >= 15 is 0 Å². The van der Waals surface area contributed by atoms with Crippen molar-refractivity contribution in [2.24, 2.45) is 5.92 Å². The maximum Gasteiger partial charge on any atom is 0.410 e. The number of halogens is 1. The van der Waals surface area contributed by atoms with E-state index in [0.717, 1.165) is 43.5 Å². The van der Waals surface area contributed by atoms with Crippen molar-refractivity contribution in [2.45, 2.75) is 59.0 Å². The van der Waals surface area contributed by atoms with E-state index in [0.29, 0.717) is 17.6 Å². The molecule has 1 amide bonds. The van der Waals surface area contributed by atoms with Crippen molar-refractivity contribution in [1.82, 2.24) is 14.9 Å². The van der Waals surface area contributed by atoms with Gasteiger partial charge in [-0.1, -0.05) is 18.5 Å². The first-order valence-corrected chi connectivity index (χ1v) is 8.64. The molecule has 128 valence electrons. The van der Waals surface area contributed by atoms with Gasteiger partial charge in [0.05, 0.1) is 0 Å². The molecule has 0 saturated carbocycles. The molecule has 0 unspecified atom stereocenters. The maximum absolute atomic E-state index is 12.2. The maximum atomic E-state index is 12.2. The molecule has 0 spiro atoms. The first-order chi connectivity index (χ1) is 10.8. The number of carbonyl (C=O) groups excluding carboxylic acids is 1. The van der Waals surface area contributed by atoms with E-state index in [1.165, 1.54) is 6.33 Å². The highest BCUT2D eigenvalue weighted by Crippen LogP contribution is 2.25. The van der Waals surface area contributed by atoms with Gasteiger partial charge in [0, 0.05) is 24.3 Å². The molecule has 1 fully saturated rings. The average molecular weight is 340 g/mol. The fourth-order valence-electron chi connectivity index (χ4n) is 2.95. The number of carbonyl (C=O) groups is 1. The smallest absolute Gasteiger partial charge is 0.410 e. The Kier molecular flexibility index (Phi) is 5.84. The summed E-state index contributed by atoms with van der Waals surface area (Å²) < 4.78 is 5.48. The second-order valence-electron chi connectivity index (χ2n) is 7.08. The number of piperidine rings is 1. The third-order valence-electron chi connectivity index (χ3n) is 3.99. The van der Waals surface area contributed by atoms with Crippen LogP contribution in [0, 0.1) is 5.92 Å². The second kappa shape index (κ2) is 7.47. The summed E-state index contributed by atoms with van der Waals surface area (Å²) in [4.78, 5) is 22.5. The standard InChI is InChI=1S/C17H26ClN3O2/c1-5-13-14(19-11-20-15(13)18)9-12-7-6-8-21(10-12)16(22)23-17(2,3)4/h11-12H,5-10H2,1-4H3/t12-/m1/s1. The molecule has 1 aromatic rings. The molecular formula is C17H26ClN3O2. The minimum atomic E-state index is -0.459. The molecule has 0 aliphatic carbocycles. The lowest BCUT2D eigenvalue weighted by Crippen LogP contribution is -2.43. The number of likely N-dealkylation sites (tertiary alicyclic amines) is 1. The van der Waals surface area contributed by atoms with Crippen LogP contribution in [0.1, 0.15) is 51.8 Å². The highest BCUT2D eigenvalue weighted by molar-refractivity contribution is 6.30. The largest absolute Gasteiger partial charge is 0.444 e. The Morgan fingerprint density at radius 2 is 2.17 bits per heavy atom. The predicted octanol–water partition coefficient (Wildman–Crippen LogP) is 3.88. The normalized spacial score (nSPS) is 18.8. The lowest BCUT2D eigenvalue weighted by Gasteiger charge is -2.34. The Hall–Kier alpha value is -1.36. The van der Waals surface area contributed by atoms with Gasteiger partial charge in [0.1, 0.15) is 17.1 Å². The molecule has 5 nitrogen and oxygen atoms in total. The summed E-state index contributed by atoms with van der Waals surface area (Å²) in [6.45, 7) is 9.20. The van der Waals surface area contributed by atoms with E-state index in [1.807, 2.05) is 25.7 Å². The van der Waals surface area contributed by atoms with Crippen LogP contribution >= 0.6 is 11.6 Å². The van der Waals surface area contributed by atoms with Crippen molar-refractivity contribution in [1.29, 1.82) is 0 Å². The Labute approximate surface area is 143 Å². The zero-order valence-electron chi connectivity index (χ0n) is 14.4. The van der Waals surface area contributed by atoms with Gasteiger partial charge in [-0.05, 0) is 52.4 Å². The monoisotopic (exact) mass is 339 g/mol. The van der Waals surface area contributed by atoms with Crippen LogP contribution in [0.25, 0.3) is 0 Å². The molecule has 2 heterocycles. The second-order valence-corrected chi connectivity index (χ2v) is 7.44. The third kappa shape index (κ3) is 5.06. The van der Waals surface area contributed by atoms with Crippen molar-refractivity contribution in [2.75, 3.05) is 13.1 Å². The number of hydrogen-bond donors (Lipinski definition) is 0. The number of ether oxygens (including phenoxy) is 1. The first kappa shape index (κ1) is 18.0. The van der Waals surface area contributed by atoms with Gasteiger partial charge in [0.15, 0.2) is 0 Å². The molecule has 0 aromatic carbocycles. The molecule has 23 heavy (non-hydrogen) atoms. The highest BCUT2D eigenvalue weighted by atomic mass is 35.5. The highest BCUT2D eigenvalue weighted by Gasteiger charge is 2.28. The van der Waals surface area contributed by atoms with Crippen LogP contribution < -0.4 is 0 Å². The number of rotatable bonds is 3. The average Bonchev–Trinajstić information content (AvgIpc) is 2.46. The molecule has 0 radical (unpaired) electrons. The molecule has 1 atom stereocenters. The molecule has 6 heteroatoms. The van der Waals surface area contributed by atoms with Gasteiger partial charge in [-0.2, -0.15) is 0 Å². The molecule has 0 N–H and O–H groups in total. The summed E-state index contributed by atoms with van der Waals surface area (Å²) in [5, 5.41) is 0.539. The summed E-state index contributed by atoms with van der Waals surface area (Å²) in [6, 6.07) is 0. The van der Waals surface area contributed by atoms with E-state index in [1.54, 1.807) is 0 Å². The lowest BCUT2D eigenvalue weighted by molar-refractivity contribution is 0.0165. The molecule has 0 bridgehead atoms.